The van der Waals surface area contributed by atoms with Crippen molar-refractivity contribution >= 4 is 35.2 Å². The van der Waals surface area contributed by atoms with Crippen LogP contribution in [-0.2, 0) is 21.9 Å². The molecule has 0 unspecified atom stereocenters. The van der Waals surface area contributed by atoms with Crippen LogP contribution >= 0.6 is 23.4 Å². The second-order valence-electron chi connectivity index (χ2n) is 6.88. The van der Waals surface area contributed by atoms with Gasteiger partial charge in [0.2, 0.25) is 11.8 Å². The molecule has 1 atom stereocenters. The fourth-order valence-electron chi connectivity index (χ4n) is 3.17. The predicted molar refractivity (Wildman–Crippen MR) is 124 cm³/mol. The number of nitrogens with one attached hydrogen (secondary N) is 1. The van der Waals surface area contributed by atoms with E-state index in [9.17, 15) is 14.0 Å². The minimum atomic E-state index is -0.601. The van der Waals surface area contributed by atoms with Crippen LogP contribution in [0.25, 0.3) is 0 Å². The van der Waals surface area contributed by atoms with E-state index < -0.39 is 11.9 Å². The molecule has 168 valence electrons. The SMILES string of the molecule is CCNC(=O)[C@H](CC)N(Cc1cccc(OC)c1)C(=O)CSCc1c(F)cccc1Cl. The fourth-order valence-corrected chi connectivity index (χ4v) is 4.42. The summed E-state index contributed by atoms with van der Waals surface area (Å²) in [4.78, 5) is 27.3. The normalized spacial score (nSPS) is 11.6. The monoisotopic (exact) mass is 466 g/mol. The first-order chi connectivity index (χ1) is 14.9. The molecule has 0 saturated heterocycles. The van der Waals surface area contributed by atoms with Crippen molar-refractivity contribution < 1.29 is 18.7 Å². The molecule has 0 heterocycles. The Bertz CT molecular complexity index is 877. The molecular weight excluding hydrogens is 439 g/mol. The zero-order valence-corrected chi connectivity index (χ0v) is 19.6. The van der Waals surface area contributed by atoms with E-state index in [0.29, 0.717) is 29.3 Å². The summed E-state index contributed by atoms with van der Waals surface area (Å²) in [6.07, 6.45) is 0.478. The summed E-state index contributed by atoms with van der Waals surface area (Å²) in [6.45, 7) is 4.47. The van der Waals surface area contributed by atoms with Crippen molar-refractivity contribution in [3.05, 3.63) is 64.4 Å². The van der Waals surface area contributed by atoms with Gasteiger partial charge in [0, 0.05) is 29.4 Å². The molecule has 1 N–H and O–H groups in total. The van der Waals surface area contributed by atoms with Gasteiger partial charge in [0.15, 0.2) is 0 Å². The van der Waals surface area contributed by atoms with Crippen LogP contribution in [0.4, 0.5) is 4.39 Å². The lowest BCUT2D eigenvalue weighted by molar-refractivity contribution is -0.139. The minimum Gasteiger partial charge on any atom is -0.497 e. The first kappa shape index (κ1) is 25.0. The first-order valence-corrected chi connectivity index (χ1v) is 11.6. The highest BCUT2D eigenvalue weighted by Crippen LogP contribution is 2.25. The molecule has 2 amide bonds. The molecule has 8 heteroatoms. The van der Waals surface area contributed by atoms with E-state index in [1.165, 1.54) is 17.8 Å². The van der Waals surface area contributed by atoms with E-state index in [1.807, 2.05) is 38.1 Å². The van der Waals surface area contributed by atoms with Crippen LogP contribution in [-0.4, -0.2) is 42.2 Å². The summed E-state index contributed by atoms with van der Waals surface area (Å²) in [5.41, 5.74) is 1.23. The van der Waals surface area contributed by atoms with Crippen LogP contribution in [0.15, 0.2) is 42.5 Å². The summed E-state index contributed by atoms with van der Waals surface area (Å²) in [5, 5.41) is 3.14. The topological polar surface area (TPSA) is 58.6 Å². The summed E-state index contributed by atoms with van der Waals surface area (Å²) < 4.78 is 19.3. The number of carbonyl (C=O) groups excluding carboxylic acids is 2. The van der Waals surface area contributed by atoms with Crippen molar-refractivity contribution in [1.29, 1.82) is 0 Å². The molecule has 0 aliphatic rings. The molecule has 0 aliphatic heterocycles. The minimum absolute atomic E-state index is 0.102. The molecule has 0 saturated carbocycles. The number of nitrogens with zero attached hydrogens (tertiary/aromatic N) is 1. The van der Waals surface area contributed by atoms with E-state index >= 15 is 0 Å². The molecule has 2 aromatic carbocycles. The number of benzene rings is 2. The number of halogens is 2. The third-order valence-corrected chi connectivity index (χ3v) is 6.06. The smallest absolute Gasteiger partial charge is 0.242 e. The number of amides is 2. The molecule has 2 rings (SSSR count). The van der Waals surface area contributed by atoms with E-state index in [-0.39, 0.29) is 29.9 Å². The molecular formula is C23H28ClFN2O3S. The van der Waals surface area contributed by atoms with Gasteiger partial charge < -0.3 is 15.0 Å². The molecule has 0 spiro atoms. The number of hydrogen-bond donors (Lipinski definition) is 1. The van der Waals surface area contributed by atoms with Gasteiger partial charge in [-0.2, -0.15) is 0 Å². The van der Waals surface area contributed by atoms with E-state index in [4.69, 9.17) is 16.3 Å². The summed E-state index contributed by atoms with van der Waals surface area (Å²) in [5.74, 6) is 0.267. The van der Waals surface area contributed by atoms with Crippen LogP contribution in [0.1, 0.15) is 31.4 Å². The fraction of sp³-hybridized carbons (Fsp3) is 0.391. The van der Waals surface area contributed by atoms with Gasteiger partial charge >= 0.3 is 0 Å². The second-order valence-corrected chi connectivity index (χ2v) is 8.28. The zero-order chi connectivity index (χ0) is 22.8. The number of rotatable bonds is 11. The van der Waals surface area contributed by atoms with Crippen molar-refractivity contribution in [2.75, 3.05) is 19.4 Å². The average molecular weight is 467 g/mol. The average Bonchev–Trinajstić information content (AvgIpc) is 2.76. The molecule has 0 aromatic heterocycles. The number of carbonyl (C=O) groups is 2. The molecule has 31 heavy (non-hydrogen) atoms. The largest absolute Gasteiger partial charge is 0.497 e. The molecule has 0 radical (unpaired) electrons. The van der Waals surface area contributed by atoms with Gasteiger partial charge in [0.25, 0.3) is 0 Å². The highest BCUT2D eigenvalue weighted by Gasteiger charge is 2.28. The highest BCUT2D eigenvalue weighted by molar-refractivity contribution is 7.99. The van der Waals surface area contributed by atoms with Gasteiger partial charge in [-0.05, 0) is 43.2 Å². The van der Waals surface area contributed by atoms with Crippen LogP contribution in [0.3, 0.4) is 0 Å². The second kappa shape index (κ2) is 12.6. The third-order valence-electron chi connectivity index (χ3n) is 4.76. The van der Waals surface area contributed by atoms with Gasteiger partial charge in [-0.15, -0.1) is 11.8 Å². The number of hydrogen-bond acceptors (Lipinski definition) is 4. The quantitative estimate of drug-likeness (QED) is 0.523. The van der Waals surface area contributed by atoms with Crippen LogP contribution in [0, 0.1) is 5.82 Å². The maximum absolute atomic E-state index is 14.0. The molecule has 0 aliphatic carbocycles. The zero-order valence-electron chi connectivity index (χ0n) is 18.0. The molecule has 0 fully saturated rings. The highest BCUT2D eigenvalue weighted by atomic mass is 35.5. The summed E-state index contributed by atoms with van der Waals surface area (Å²) >= 11 is 7.35. The van der Waals surface area contributed by atoms with Gasteiger partial charge in [-0.25, -0.2) is 4.39 Å². The standard InChI is InChI=1S/C23H28ClFN2O3S/c1-4-21(23(29)26-5-2)27(13-16-8-6-9-17(12-16)30-3)22(28)15-31-14-18-19(24)10-7-11-20(18)25/h6-12,21H,4-5,13-15H2,1-3H3,(H,26,29)/t21-/m0/s1. The number of methoxy groups -OCH3 is 1. The van der Waals surface area contributed by atoms with Crippen LogP contribution < -0.4 is 10.1 Å². The Labute approximate surface area is 192 Å². The van der Waals surface area contributed by atoms with Crippen molar-refractivity contribution in [3.63, 3.8) is 0 Å². The molecule has 5 nitrogen and oxygen atoms in total. The van der Waals surface area contributed by atoms with Gasteiger partial charge in [-0.3, -0.25) is 9.59 Å². The van der Waals surface area contributed by atoms with Crippen molar-refractivity contribution in [2.24, 2.45) is 0 Å². The van der Waals surface area contributed by atoms with Crippen LogP contribution in [0.2, 0.25) is 5.02 Å². The molecule has 0 bridgehead atoms. The Morgan fingerprint density at radius 3 is 2.61 bits per heavy atom. The Morgan fingerprint density at radius 2 is 1.97 bits per heavy atom. The first-order valence-electron chi connectivity index (χ1n) is 10.1. The number of thioether (sulfide) groups is 1. The maximum Gasteiger partial charge on any atom is 0.242 e. The van der Waals surface area contributed by atoms with Gasteiger partial charge in [-0.1, -0.05) is 36.7 Å². The lowest BCUT2D eigenvalue weighted by Gasteiger charge is -2.30. The van der Waals surface area contributed by atoms with Crippen molar-refractivity contribution in [1.82, 2.24) is 10.2 Å². The van der Waals surface area contributed by atoms with E-state index in [0.717, 1.165) is 5.56 Å². The van der Waals surface area contributed by atoms with Crippen molar-refractivity contribution in [3.8, 4) is 5.75 Å². The lowest BCUT2D eigenvalue weighted by atomic mass is 10.1. The third kappa shape index (κ3) is 7.14. The van der Waals surface area contributed by atoms with E-state index in [2.05, 4.69) is 5.32 Å². The number of likely N-dealkylation sites (N-methyl/N-ethyl adjacent to an activating group) is 1. The maximum atomic E-state index is 14.0. The van der Waals surface area contributed by atoms with Crippen LogP contribution in [0.5, 0.6) is 5.75 Å². The predicted octanol–water partition coefficient (Wildman–Crippen LogP) is 4.66. The Hall–Kier alpha value is -2.25. The van der Waals surface area contributed by atoms with Gasteiger partial charge in [0.1, 0.15) is 17.6 Å². The van der Waals surface area contributed by atoms with E-state index in [1.54, 1.807) is 24.1 Å². The summed E-state index contributed by atoms with van der Waals surface area (Å²) in [6, 6.07) is 11.3. The molecule has 2 aromatic rings. The van der Waals surface area contributed by atoms with Crippen molar-refractivity contribution in [2.45, 2.75) is 38.6 Å². The van der Waals surface area contributed by atoms with Gasteiger partial charge in [0.05, 0.1) is 12.9 Å². The Morgan fingerprint density at radius 1 is 1.23 bits per heavy atom. The Balaban J connectivity index is 2.17. The Kier molecular flexibility index (Phi) is 10.1. The lowest BCUT2D eigenvalue weighted by Crippen LogP contribution is -2.49. The number of ether oxygens (including phenoxy) is 1. The summed E-state index contributed by atoms with van der Waals surface area (Å²) in [7, 11) is 1.58.